The van der Waals surface area contributed by atoms with Gasteiger partial charge in [-0.3, -0.25) is 0 Å². The number of para-hydroxylation sites is 1. The SMILES string of the molecule is Brc1ccc(-c2ccc3c(c2)c2cc(-c4ccccc4)ccc2n3-c2ccccc2)cc1. The number of hydrogen-bond acceptors (Lipinski definition) is 0. The zero-order valence-electron chi connectivity index (χ0n) is 17.4. The Morgan fingerprint density at radius 3 is 1.47 bits per heavy atom. The van der Waals surface area contributed by atoms with E-state index in [0.717, 1.165) is 4.47 Å². The van der Waals surface area contributed by atoms with Crippen LogP contribution >= 0.6 is 15.9 Å². The minimum atomic E-state index is 1.09. The molecule has 1 heterocycles. The topological polar surface area (TPSA) is 4.93 Å². The molecular weight excluding hydrogens is 454 g/mol. The molecule has 0 atom stereocenters. The molecule has 0 unspecified atom stereocenters. The van der Waals surface area contributed by atoms with Gasteiger partial charge >= 0.3 is 0 Å². The lowest BCUT2D eigenvalue weighted by molar-refractivity contribution is 1.18. The molecule has 6 aromatic rings. The summed E-state index contributed by atoms with van der Waals surface area (Å²) in [5.74, 6) is 0. The van der Waals surface area contributed by atoms with Crippen LogP contribution in [0.4, 0.5) is 0 Å². The van der Waals surface area contributed by atoms with Gasteiger partial charge in [-0.05, 0) is 70.8 Å². The molecule has 0 fully saturated rings. The molecule has 0 aliphatic heterocycles. The lowest BCUT2D eigenvalue weighted by Gasteiger charge is -2.08. The van der Waals surface area contributed by atoms with Crippen LogP contribution in [0, 0.1) is 0 Å². The van der Waals surface area contributed by atoms with Crippen LogP contribution in [0.3, 0.4) is 0 Å². The van der Waals surface area contributed by atoms with Gasteiger partial charge in [-0.2, -0.15) is 0 Å². The predicted octanol–water partition coefficient (Wildman–Crippen LogP) is 8.88. The first-order chi connectivity index (χ1) is 15.8. The Morgan fingerprint density at radius 1 is 0.438 bits per heavy atom. The number of nitrogens with zero attached hydrogens (tertiary/aromatic N) is 1. The van der Waals surface area contributed by atoms with Crippen molar-refractivity contribution >= 4 is 37.7 Å². The second-order valence-corrected chi connectivity index (χ2v) is 8.92. The summed E-state index contributed by atoms with van der Waals surface area (Å²) in [6.45, 7) is 0. The molecule has 0 saturated carbocycles. The lowest BCUT2D eigenvalue weighted by atomic mass is 10.0. The van der Waals surface area contributed by atoms with Crippen molar-refractivity contribution in [3.63, 3.8) is 0 Å². The van der Waals surface area contributed by atoms with Gasteiger partial charge in [-0.25, -0.2) is 0 Å². The average Bonchev–Trinajstić information content (AvgIpc) is 3.18. The zero-order chi connectivity index (χ0) is 21.5. The van der Waals surface area contributed by atoms with Crippen molar-refractivity contribution in [1.29, 1.82) is 0 Å². The van der Waals surface area contributed by atoms with Crippen molar-refractivity contribution in [1.82, 2.24) is 4.57 Å². The minimum absolute atomic E-state index is 1.09. The fraction of sp³-hybridized carbons (Fsp3) is 0. The van der Waals surface area contributed by atoms with Crippen molar-refractivity contribution < 1.29 is 0 Å². The van der Waals surface area contributed by atoms with Crippen molar-refractivity contribution in [2.75, 3.05) is 0 Å². The first-order valence-corrected chi connectivity index (χ1v) is 11.5. The van der Waals surface area contributed by atoms with E-state index in [9.17, 15) is 0 Å². The monoisotopic (exact) mass is 473 g/mol. The Morgan fingerprint density at radius 2 is 0.906 bits per heavy atom. The van der Waals surface area contributed by atoms with E-state index in [4.69, 9.17) is 0 Å². The second kappa shape index (κ2) is 7.81. The highest BCUT2D eigenvalue weighted by atomic mass is 79.9. The highest BCUT2D eigenvalue weighted by Crippen LogP contribution is 2.37. The van der Waals surface area contributed by atoms with Crippen LogP contribution < -0.4 is 0 Å². The number of halogens is 1. The number of hydrogen-bond donors (Lipinski definition) is 0. The van der Waals surface area contributed by atoms with E-state index in [1.807, 2.05) is 0 Å². The van der Waals surface area contributed by atoms with Crippen molar-refractivity contribution in [2.24, 2.45) is 0 Å². The van der Waals surface area contributed by atoms with Crippen LogP contribution in [0.2, 0.25) is 0 Å². The molecule has 0 aliphatic carbocycles. The maximum absolute atomic E-state index is 3.55. The summed E-state index contributed by atoms with van der Waals surface area (Å²) in [7, 11) is 0. The van der Waals surface area contributed by atoms with E-state index >= 15 is 0 Å². The van der Waals surface area contributed by atoms with E-state index in [1.165, 1.54) is 49.7 Å². The van der Waals surface area contributed by atoms with Gasteiger partial charge in [0.1, 0.15) is 0 Å². The summed E-state index contributed by atoms with van der Waals surface area (Å²) < 4.78 is 3.46. The van der Waals surface area contributed by atoms with Crippen LogP contribution in [0.15, 0.2) is 126 Å². The van der Waals surface area contributed by atoms with Gasteiger partial charge in [0.15, 0.2) is 0 Å². The molecule has 0 spiro atoms. The summed E-state index contributed by atoms with van der Waals surface area (Å²) in [6, 6.07) is 43.3. The number of fused-ring (bicyclic) bond motifs is 3. The molecule has 0 aliphatic rings. The van der Waals surface area contributed by atoms with Gasteiger partial charge in [0, 0.05) is 20.9 Å². The number of benzene rings is 5. The Bertz CT molecular complexity index is 1550. The predicted molar refractivity (Wildman–Crippen MR) is 139 cm³/mol. The third-order valence-electron chi connectivity index (χ3n) is 6.06. The van der Waals surface area contributed by atoms with Gasteiger partial charge in [0.2, 0.25) is 0 Å². The van der Waals surface area contributed by atoms with Crippen LogP contribution in [-0.4, -0.2) is 4.57 Å². The molecule has 0 N–H and O–H groups in total. The molecule has 0 radical (unpaired) electrons. The normalized spacial score (nSPS) is 11.3. The quantitative estimate of drug-likeness (QED) is 0.241. The van der Waals surface area contributed by atoms with E-state index in [-0.39, 0.29) is 0 Å². The van der Waals surface area contributed by atoms with Gasteiger partial charge in [-0.1, -0.05) is 88.7 Å². The molecule has 6 rings (SSSR count). The third-order valence-corrected chi connectivity index (χ3v) is 6.59. The van der Waals surface area contributed by atoms with E-state index < -0.39 is 0 Å². The van der Waals surface area contributed by atoms with Crippen LogP contribution in [0.25, 0.3) is 49.7 Å². The number of aromatic nitrogens is 1. The van der Waals surface area contributed by atoms with Crippen molar-refractivity contribution in [2.45, 2.75) is 0 Å². The Hall–Kier alpha value is -3.62. The summed E-state index contributed by atoms with van der Waals surface area (Å²) >= 11 is 3.55. The maximum Gasteiger partial charge on any atom is 0.0541 e. The van der Waals surface area contributed by atoms with Crippen LogP contribution in [-0.2, 0) is 0 Å². The van der Waals surface area contributed by atoms with Crippen LogP contribution in [0.1, 0.15) is 0 Å². The van der Waals surface area contributed by atoms with Gasteiger partial charge in [-0.15, -0.1) is 0 Å². The first kappa shape index (κ1) is 19.1. The van der Waals surface area contributed by atoms with E-state index in [0.29, 0.717) is 0 Å². The lowest BCUT2D eigenvalue weighted by Crippen LogP contribution is -1.93. The maximum atomic E-state index is 3.55. The van der Waals surface area contributed by atoms with Gasteiger partial charge in [0.05, 0.1) is 11.0 Å². The smallest absolute Gasteiger partial charge is 0.0541 e. The molecule has 0 amide bonds. The highest BCUT2D eigenvalue weighted by Gasteiger charge is 2.14. The average molecular weight is 474 g/mol. The summed E-state index contributed by atoms with van der Waals surface area (Å²) in [4.78, 5) is 0. The van der Waals surface area contributed by atoms with Crippen molar-refractivity contribution in [3.05, 3.63) is 126 Å². The Labute approximate surface area is 195 Å². The number of rotatable bonds is 3. The molecule has 2 heteroatoms. The fourth-order valence-corrected chi connectivity index (χ4v) is 4.77. The Kier molecular flexibility index (Phi) is 4.66. The van der Waals surface area contributed by atoms with E-state index in [1.54, 1.807) is 0 Å². The molecule has 1 aromatic heterocycles. The second-order valence-electron chi connectivity index (χ2n) is 8.01. The van der Waals surface area contributed by atoms with Gasteiger partial charge < -0.3 is 4.57 Å². The van der Waals surface area contributed by atoms with Crippen molar-refractivity contribution in [3.8, 4) is 27.9 Å². The molecule has 32 heavy (non-hydrogen) atoms. The summed E-state index contributed by atoms with van der Waals surface area (Å²) in [5, 5.41) is 2.53. The summed E-state index contributed by atoms with van der Waals surface area (Å²) in [6.07, 6.45) is 0. The third kappa shape index (κ3) is 3.24. The molecule has 0 saturated heterocycles. The van der Waals surface area contributed by atoms with E-state index in [2.05, 4.69) is 142 Å². The molecule has 0 bridgehead atoms. The molecule has 1 nitrogen and oxygen atoms in total. The standard InChI is InChI=1S/C30H20BrN/c31-25-15-11-22(12-16-25)24-14-18-30-28(20-24)27-19-23(21-7-3-1-4-8-21)13-17-29(27)32(30)26-9-5-2-6-10-26/h1-20H. The molecular formula is C30H20BrN. The van der Waals surface area contributed by atoms with Crippen LogP contribution in [0.5, 0.6) is 0 Å². The minimum Gasteiger partial charge on any atom is -0.309 e. The largest absolute Gasteiger partial charge is 0.309 e. The first-order valence-electron chi connectivity index (χ1n) is 10.7. The highest BCUT2D eigenvalue weighted by molar-refractivity contribution is 9.10. The fourth-order valence-electron chi connectivity index (χ4n) is 4.51. The Balaban J connectivity index is 1.65. The summed E-state index contributed by atoms with van der Waals surface area (Å²) in [5.41, 5.74) is 8.53. The molecule has 5 aromatic carbocycles. The van der Waals surface area contributed by atoms with Gasteiger partial charge in [0.25, 0.3) is 0 Å². The molecule has 152 valence electrons. The zero-order valence-corrected chi connectivity index (χ0v) is 19.0.